The van der Waals surface area contributed by atoms with Crippen molar-refractivity contribution in [1.29, 1.82) is 0 Å². The zero-order valence-electron chi connectivity index (χ0n) is 12.0. The highest BCUT2D eigenvalue weighted by Gasteiger charge is 2.18. The maximum atomic E-state index is 11.0. The molecule has 5 nitrogen and oxygen atoms in total. The molecule has 0 bridgehead atoms. The lowest BCUT2D eigenvalue weighted by Crippen LogP contribution is -2.29. The third-order valence-electron chi connectivity index (χ3n) is 3.65. The van der Waals surface area contributed by atoms with Gasteiger partial charge in [-0.1, -0.05) is 0 Å². The average Bonchev–Trinajstić information content (AvgIpc) is 2.91. The Hall–Kier alpha value is -1.75. The van der Waals surface area contributed by atoms with Gasteiger partial charge < -0.3 is 20.5 Å². The minimum absolute atomic E-state index is 0.253. The summed E-state index contributed by atoms with van der Waals surface area (Å²) in [5.41, 5.74) is 0.998. The van der Waals surface area contributed by atoms with Gasteiger partial charge in [0, 0.05) is 12.1 Å². The van der Waals surface area contributed by atoms with Gasteiger partial charge in [-0.3, -0.25) is 0 Å². The zero-order valence-corrected chi connectivity index (χ0v) is 12.0. The summed E-state index contributed by atoms with van der Waals surface area (Å²) >= 11 is 0. The Morgan fingerprint density at radius 1 is 1.60 bits per heavy atom. The van der Waals surface area contributed by atoms with Gasteiger partial charge in [0.1, 0.15) is 5.75 Å². The first-order chi connectivity index (χ1) is 9.60. The molecule has 1 aliphatic heterocycles. The van der Waals surface area contributed by atoms with Crippen LogP contribution in [-0.4, -0.2) is 36.8 Å². The normalized spacial score (nSPS) is 19.6. The van der Waals surface area contributed by atoms with E-state index in [0.717, 1.165) is 18.7 Å². The number of anilines is 1. The van der Waals surface area contributed by atoms with Crippen molar-refractivity contribution in [1.82, 2.24) is 5.32 Å². The molecule has 1 aromatic carbocycles. The Labute approximate surface area is 119 Å². The van der Waals surface area contributed by atoms with E-state index >= 15 is 0 Å². The molecule has 20 heavy (non-hydrogen) atoms. The molecule has 1 heterocycles. The summed E-state index contributed by atoms with van der Waals surface area (Å²) in [6.07, 6.45) is 3.45. The van der Waals surface area contributed by atoms with Crippen molar-refractivity contribution in [2.45, 2.75) is 38.3 Å². The van der Waals surface area contributed by atoms with E-state index in [1.165, 1.54) is 12.8 Å². The first-order valence-electron chi connectivity index (χ1n) is 7.01. The van der Waals surface area contributed by atoms with Crippen molar-refractivity contribution in [3.63, 3.8) is 0 Å². The molecule has 5 heteroatoms. The molecule has 0 saturated carbocycles. The molecule has 110 valence electrons. The van der Waals surface area contributed by atoms with Crippen LogP contribution in [0.3, 0.4) is 0 Å². The van der Waals surface area contributed by atoms with Crippen molar-refractivity contribution in [3.05, 3.63) is 23.8 Å². The van der Waals surface area contributed by atoms with Gasteiger partial charge in [0.25, 0.3) is 0 Å². The molecule has 2 rings (SSSR count). The Morgan fingerprint density at radius 2 is 2.40 bits per heavy atom. The van der Waals surface area contributed by atoms with E-state index in [2.05, 4.69) is 17.6 Å². The van der Waals surface area contributed by atoms with Crippen LogP contribution in [0.4, 0.5) is 5.69 Å². The second kappa shape index (κ2) is 6.61. The maximum Gasteiger partial charge on any atom is 0.335 e. The topological polar surface area (TPSA) is 70.6 Å². The van der Waals surface area contributed by atoms with Gasteiger partial charge in [-0.15, -0.1) is 0 Å². The Bertz CT molecular complexity index is 470. The van der Waals surface area contributed by atoms with Crippen LogP contribution >= 0.6 is 0 Å². The fourth-order valence-electron chi connectivity index (χ4n) is 2.66. The molecular formula is C15H22N2O3. The summed E-state index contributed by atoms with van der Waals surface area (Å²) in [6.45, 7) is 3.20. The van der Waals surface area contributed by atoms with E-state index < -0.39 is 5.97 Å². The highest BCUT2D eigenvalue weighted by molar-refractivity contribution is 5.89. The number of carboxylic acids is 1. The summed E-state index contributed by atoms with van der Waals surface area (Å²) in [4.78, 5) is 11.0. The Morgan fingerprint density at radius 3 is 3.00 bits per heavy atom. The van der Waals surface area contributed by atoms with E-state index in [9.17, 15) is 4.79 Å². The number of nitrogens with one attached hydrogen (secondary N) is 2. The number of methoxy groups -OCH3 is 1. The van der Waals surface area contributed by atoms with E-state index in [-0.39, 0.29) is 11.6 Å². The van der Waals surface area contributed by atoms with Gasteiger partial charge in [-0.2, -0.15) is 0 Å². The number of hydrogen-bond acceptors (Lipinski definition) is 4. The standard InChI is InChI=1S/C15H22N2O3/c1-10(8-12-4-3-7-16-12)17-13-9-11(15(18)19)5-6-14(13)20-2/h5-6,9-10,12,16-17H,3-4,7-8H2,1-2H3,(H,18,19). The molecule has 2 atom stereocenters. The van der Waals surface area contributed by atoms with Crippen LogP contribution in [0.2, 0.25) is 0 Å². The van der Waals surface area contributed by atoms with Gasteiger partial charge in [0.15, 0.2) is 0 Å². The van der Waals surface area contributed by atoms with Crippen LogP contribution in [-0.2, 0) is 0 Å². The molecule has 1 fully saturated rings. The second-order valence-corrected chi connectivity index (χ2v) is 5.29. The average molecular weight is 278 g/mol. The quantitative estimate of drug-likeness (QED) is 0.745. The molecular weight excluding hydrogens is 256 g/mol. The molecule has 0 spiro atoms. The number of carboxylic acid groups (broad SMARTS) is 1. The minimum atomic E-state index is -0.930. The molecule has 1 saturated heterocycles. The number of rotatable bonds is 6. The highest BCUT2D eigenvalue weighted by Crippen LogP contribution is 2.27. The van der Waals surface area contributed by atoms with E-state index in [1.807, 2.05) is 0 Å². The van der Waals surface area contributed by atoms with Gasteiger partial charge in [-0.25, -0.2) is 4.79 Å². The van der Waals surface area contributed by atoms with Crippen LogP contribution in [0.5, 0.6) is 5.75 Å². The highest BCUT2D eigenvalue weighted by atomic mass is 16.5. The SMILES string of the molecule is COc1ccc(C(=O)O)cc1NC(C)CC1CCCN1. The third kappa shape index (κ3) is 3.63. The van der Waals surface area contributed by atoms with Gasteiger partial charge >= 0.3 is 5.97 Å². The fourth-order valence-corrected chi connectivity index (χ4v) is 2.66. The number of carbonyl (C=O) groups is 1. The van der Waals surface area contributed by atoms with Gasteiger partial charge in [-0.05, 0) is 50.9 Å². The number of aromatic carboxylic acids is 1. The molecule has 0 amide bonds. The van der Waals surface area contributed by atoms with Gasteiger partial charge in [0.05, 0.1) is 18.4 Å². The van der Waals surface area contributed by atoms with E-state index in [0.29, 0.717) is 11.8 Å². The summed E-state index contributed by atoms with van der Waals surface area (Å²) in [7, 11) is 1.59. The summed E-state index contributed by atoms with van der Waals surface area (Å²) < 4.78 is 5.28. The number of ether oxygens (including phenoxy) is 1. The molecule has 1 aliphatic rings. The summed E-state index contributed by atoms with van der Waals surface area (Å²) in [5, 5.41) is 15.9. The molecule has 2 unspecified atom stereocenters. The van der Waals surface area contributed by atoms with Crippen LogP contribution in [0.1, 0.15) is 36.5 Å². The third-order valence-corrected chi connectivity index (χ3v) is 3.65. The Balaban J connectivity index is 2.05. The van der Waals surface area contributed by atoms with E-state index in [1.54, 1.807) is 25.3 Å². The lowest BCUT2D eigenvalue weighted by atomic mass is 10.1. The molecule has 0 radical (unpaired) electrons. The smallest absolute Gasteiger partial charge is 0.335 e. The van der Waals surface area contributed by atoms with Crippen molar-refractivity contribution in [3.8, 4) is 5.75 Å². The fraction of sp³-hybridized carbons (Fsp3) is 0.533. The van der Waals surface area contributed by atoms with Crippen LogP contribution in [0.25, 0.3) is 0 Å². The maximum absolute atomic E-state index is 11.0. The molecule has 0 aliphatic carbocycles. The largest absolute Gasteiger partial charge is 0.495 e. The predicted molar refractivity (Wildman–Crippen MR) is 78.7 cm³/mol. The van der Waals surface area contributed by atoms with Crippen LogP contribution in [0.15, 0.2) is 18.2 Å². The summed E-state index contributed by atoms with van der Waals surface area (Å²) in [6, 6.07) is 5.66. The lowest BCUT2D eigenvalue weighted by molar-refractivity contribution is 0.0697. The minimum Gasteiger partial charge on any atom is -0.495 e. The van der Waals surface area contributed by atoms with Crippen molar-refractivity contribution >= 4 is 11.7 Å². The van der Waals surface area contributed by atoms with E-state index in [4.69, 9.17) is 9.84 Å². The number of hydrogen-bond donors (Lipinski definition) is 3. The summed E-state index contributed by atoms with van der Waals surface area (Å²) in [5.74, 6) is -0.262. The van der Waals surface area contributed by atoms with Crippen molar-refractivity contribution in [2.24, 2.45) is 0 Å². The van der Waals surface area contributed by atoms with Crippen LogP contribution < -0.4 is 15.4 Å². The second-order valence-electron chi connectivity index (χ2n) is 5.29. The first kappa shape index (κ1) is 14.7. The van der Waals surface area contributed by atoms with Crippen molar-refractivity contribution in [2.75, 3.05) is 19.0 Å². The molecule has 1 aromatic rings. The lowest BCUT2D eigenvalue weighted by Gasteiger charge is -2.21. The first-order valence-corrected chi connectivity index (χ1v) is 7.01. The van der Waals surface area contributed by atoms with Crippen LogP contribution in [0, 0.1) is 0 Å². The Kier molecular flexibility index (Phi) is 4.84. The monoisotopic (exact) mass is 278 g/mol. The number of benzene rings is 1. The molecule has 0 aromatic heterocycles. The molecule has 3 N–H and O–H groups in total. The van der Waals surface area contributed by atoms with Crippen molar-refractivity contribution < 1.29 is 14.6 Å². The predicted octanol–water partition coefficient (Wildman–Crippen LogP) is 2.34. The zero-order chi connectivity index (χ0) is 14.5. The van der Waals surface area contributed by atoms with Gasteiger partial charge in [0.2, 0.25) is 0 Å².